The predicted molar refractivity (Wildman–Crippen MR) is 94.3 cm³/mol. The summed E-state index contributed by atoms with van der Waals surface area (Å²) in [5.74, 6) is 0.788. The first-order valence-corrected chi connectivity index (χ1v) is 8.18. The number of unbranched alkanes of at least 4 members (excludes halogenated alkanes) is 1. The molecule has 0 radical (unpaired) electrons. The van der Waals surface area contributed by atoms with E-state index >= 15 is 0 Å². The van der Waals surface area contributed by atoms with Crippen molar-refractivity contribution in [1.29, 1.82) is 0 Å². The predicted octanol–water partition coefficient (Wildman–Crippen LogP) is 4.80. The monoisotopic (exact) mass is 350 g/mol. The van der Waals surface area contributed by atoms with Crippen molar-refractivity contribution in [1.82, 2.24) is 9.55 Å². The van der Waals surface area contributed by atoms with E-state index in [4.69, 9.17) is 27.9 Å². The molecule has 0 bridgehead atoms. The number of hydrogen-bond donors (Lipinski definition) is 1. The standard InChI is InChI=1S/C17H16Cl2N2O2/c1-2-3-8-23-12-6-4-11(5-7-12)21-16-10-14(19)13(18)9-15(16)20-17(21)22/h4-7,9-10H,2-3,8H2,1H3,(H,20,22). The first-order valence-electron chi connectivity index (χ1n) is 7.43. The van der Waals surface area contributed by atoms with Gasteiger partial charge in [0, 0.05) is 0 Å². The summed E-state index contributed by atoms with van der Waals surface area (Å²) in [6, 6.07) is 10.7. The van der Waals surface area contributed by atoms with Crippen molar-refractivity contribution < 1.29 is 4.74 Å². The number of aromatic amines is 1. The first-order chi connectivity index (χ1) is 11.1. The third-order valence-electron chi connectivity index (χ3n) is 3.59. The van der Waals surface area contributed by atoms with Crippen LogP contribution in [0.1, 0.15) is 19.8 Å². The highest BCUT2D eigenvalue weighted by atomic mass is 35.5. The lowest BCUT2D eigenvalue weighted by Gasteiger charge is -2.08. The van der Waals surface area contributed by atoms with Gasteiger partial charge < -0.3 is 9.72 Å². The molecule has 0 saturated carbocycles. The minimum absolute atomic E-state index is 0.238. The van der Waals surface area contributed by atoms with Crippen LogP contribution in [0.15, 0.2) is 41.2 Å². The second-order valence-electron chi connectivity index (χ2n) is 5.24. The average Bonchev–Trinajstić information content (AvgIpc) is 2.84. The molecular formula is C17H16Cl2N2O2. The van der Waals surface area contributed by atoms with Gasteiger partial charge in [-0.25, -0.2) is 4.79 Å². The molecule has 23 heavy (non-hydrogen) atoms. The van der Waals surface area contributed by atoms with Gasteiger partial charge in [-0.3, -0.25) is 4.57 Å². The van der Waals surface area contributed by atoms with Gasteiger partial charge in [0.2, 0.25) is 0 Å². The molecule has 1 aromatic heterocycles. The quantitative estimate of drug-likeness (QED) is 0.671. The Morgan fingerprint density at radius 3 is 2.52 bits per heavy atom. The molecule has 3 rings (SSSR count). The van der Waals surface area contributed by atoms with Gasteiger partial charge in [-0.15, -0.1) is 0 Å². The number of halogens is 2. The Morgan fingerprint density at radius 2 is 1.83 bits per heavy atom. The molecule has 1 heterocycles. The average molecular weight is 351 g/mol. The molecule has 0 spiro atoms. The molecule has 1 N–H and O–H groups in total. The fourth-order valence-electron chi connectivity index (χ4n) is 2.38. The summed E-state index contributed by atoms with van der Waals surface area (Å²) in [5, 5.41) is 0.818. The lowest BCUT2D eigenvalue weighted by molar-refractivity contribution is 0.309. The van der Waals surface area contributed by atoms with Gasteiger partial charge in [-0.1, -0.05) is 36.5 Å². The summed E-state index contributed by atoms with van der Waals surface area (Å²) in [6.07, 6.45) is 2.11. The molecule has 0 unspecified atom stereocenters. The topological polar surface area (TPSA) is 47.0 Å². The number of aromatic nitrogens is 2. The molecule has 0 aliphatic heterocycles. The molecule has 0 aliphatic rings. The van der Waals surface area contributed by atoms with Crippen molar-refractivity contribution in [3.8, 4) is 11.4 Å². The van der Waals surface area contributed by atoms with Crippen LogP contribution >= 0.6 is 23.2 Å². The lowest BCUT2D eigenvalue weighted by atomic mass is 10.2. The molecule has 4 nitrogen and oxygen atoms in total. The van der Waals surface area contributed by atoms with E-state index in [-0.39, 0.29) is 5.69 Å². The van der Waals surface area contributed by atoms with E-state index in [1.54, 1.807) is 16.7 Å². The Kier molecular flexibility index (Phi) is 4.64. The number of nitrogens with zero attached hydrogens (tertiary/aromatic N) is 1. The maximum atomic E-state index is 12.2. The van der Waals surface area contributed by atoms with E-state index in [2.05, 4.69) is 11.9 Å². The summed E-state index contributed by atoms with van der Waals surface area (Å²) in [4.78, 5) is 15.0. The van der Waals surface area contributed by atoms with Crippen molar-refractivity contribution in [2.45, 2.75) is 19.8 Å². The van der Waals surface area contributed by atoms with Gasteiger partial charge in [-0.2, -0.15) is 0 Å². The molecule has 0 atom stereocenters. The number of hydrogen-bond acceptors (Lipinski definition) is 2. The summed E-state index contributed by atoms with van der Waals surface area (Å²) in [7, 11) is 0. The second kappa shape index (κ2) is 6.69. The third-order valence-corrected chi connectivity index (χ3v) is 4.31. The van der Waals surface area contributed by atoms with Crippen LogP contribution in [0.2, 0.25) is 10.0 Å². The van der Waals surface area contributed by atoms with Crippen LogP contribution in [0.25, 0.3) is 16.7 Å². The molecule has 120 valence electrons. The molecule has 2 aromatic carbocycles. The van der Waals surface area contributed by atoms with E-state index in [0.717, 1.165) is 24.3 Å². The Bertz CT molecular complexity index is 882. The van der Waals surface area contributed by atoms with E-state index < -0.39 is 0 Å². The molecule has 0 fully saturated rings. The van der Waals surface area contributed by atoms with Gasteiger partial charge in [0.1, 0.15) is 5.75 Å². The summed E-state index contributed by atoms with van der Waals surface area (Å²) in [6.45, 7) is 2.81. The number of rotatable bonds is 5. The maximum absolute atomic E-state index is 12.2. The minimum atomic E-state index is -0.238. The zero-order valence-corrected chi connectivity index (χ0v) is 14.1. The van der Waals surface area contributed by atoms with E-state index in [1.807, 2.05) is 24.3 Å². The minimum Gasteiger partial charge on any atom is -0.494 e. The van der Waals surface area contributed by atoms with Crippen LogP contribution in [0.4, 0.5) is 0 Å². The summed E-state index contributed by atoms with van der Waals surface area (Å²) in [5.41, 5.74) is 1.83. The fourth-order valence-corrected chi connectivity index (χ4v) is 2.71. The highest BCUT2D eigenvalue weighted by Gasteiger charge is 2.11. The van der Waals surface area contributed by atoms with E-state index in [9.17, 15) is 4.79 Å². The molecule has 0 aliphatic carbocycles. The Hall–Kier alpha value is -1.91. The lowest BCUT2D eigenvalue weighted by Crippen LogP contribution is -2.14. The number of ether oxygens (including phenoxy) is 1. The van der Waals surface area contributed by atoms with Crippen LogP contribution in [0, 0.1) is 0 Å². The highest BCUT2D eigenvalue weighted by Crippen LogP contribution is 2.28. The van der Waals surface area contributed by atoms with Crippen molar-refractivity contribution in [2.24, 2.45) is 0 Å². The van der Waals surface area contributed by atoms with Crippen LogP contribution < -0.4 is 10.4 Å². The number of H-pyrrole nitrogens is 1. The van der Waals surface area contributed by atoms with Gasteiger partial charge in [0.25, 0.3) is 0 Å². The first kappa shape index (κ1) is 16.0. The Balaban J connectivity index is 1.98. The maximum Gasteiger partial charge on any atom is 0.331 e. The zero-order valence-electron chi connectivity index (χ0n) is 12.6. The molecule has 6 heteroatoms. The second-order valence-corrected chi connectivity index (χ2v) is 6.06. The summed E-state index contributed by atoms with van der Waals surface area (Å²) < 4.78 is 7.20. The zero-order chi connectivity index (χ0) is 16.4. The van der Waals surface area contributed by atoms with Gasteiger partial charge in [0.15, 0.2) is 0 Å². The van der Waals surface area contributed by atoms with Crippen molar-refractivity contribution in [3.05, 3.63) is 56.9 Å². The van der Waals surface area contributed by atoms with Crippen LogP contribution in [0.3, 0.4) is 0 Å². The van der Waals surface area contributed by atoms with E-state index in [1.165, 1.54) is 0 Å². The van der Waals surface area contributed by atoms with Crippen LogP contribution in [0.5, 0.6) is 5.75 Å². The van der Waals surface area contributed by atoms with Gasteiger partial charge in [0.05, 0.1) is 33.4 Å². The largest absolute Gasteiger partial charge is 0.494 e. The van der Waals surface area contributed by atoms with Gasteiger partial charge >= 0.3 is 5.69 Å². The highest BCUT2D eigenvalue weighted by molar-refractivity contribution is 6.42. The normalized spacial score (nSPS) is 11.1. The summed E-state index contributed by atoms with van der Waals surface area (Å²) >= 11 is 12.1. The van der Waals surface area contributed by atoms with Gasteiger partial charge in [-0.05, 0) is 42.8 Å². The molecule has 3 aromatic rings. The molecule has 0 amide bonds. The number of fused-ring (bicyclic) bond motifs is 1. The Morgan fingerprint density at radius 1 is 1.13 bits per heavy atom. The van der Waals surface area contributed by atoms with E-state index in [0.29, 0.717) is 27.7 Å². The number of imidazole rings is 1. The Labute approximate surface area is 143 Å². The number of nitrogens with one attached hydrogen (secondary N) is 1. The molecular weight excluding hydrogens is 335 g/mol. The van der Waals surface area contributed by atoms with Crippen molar-refractivity contribution >= 4 is 34.2 Å². The van der Waals surface area contributed by atoms with Crippen LogP contribution in [-0.2, 0) is 0 Å². The van der Waals surface area contributed by atoms with Crippen molar-refractivity contribution in [3.63, 3.8) is 0 Å². The number of benzene rings is 2. The third kappa shape index (κ3) is 3.23. The SMILES string of the molecule is CCCCOc1ccc(-n2c(=O)[nH]c3cc(Cl)c(Cl)cc32)cc1. The smallest absolute Gasteiger partial charge is 0.331 e. The fraction of sp³-hybridized carbons (Fsp3) is 0.235. The van der Waals surface area contributed by atoms with Crippen molar-refractivity contribution in [2.75, 3.05) is 6.61 Å². The van der Waals surface area contributed by atoms with Crippen LogP contribution in [-0.4, -0.2) is 16.2 Å². The molecule has 0 saturated heterocycles.